The van der Waals surface area contributed by atoms with Crippen LogP contribution in [0.25, 0.3) is 0 Å². The summed E-state index contributed by atoms with van der Waals surface area (Å²) in [6.07, 6.45) is -0.181. The van der Waals surface area contributed by atoms with Crippen LogP contribution in [0.4, 0.5) is 11.4 Å². The lowest BCUT2D eigenvalue weighted by atomic mass is 10.1. The molecule has 2 aromatic rings. The molecule has 3 N–H and O–H groups in total. The smallest absolute Gasteiger partial charge is 0.311 e. The van der Waals surface area contributed by atoms with Crippen molar-refractivity contribution in [2.75, 3.05) is 23.8 Å². The topological polar surface area (TPSA) is 134 Å². The van der Waals surface area contributed by atoms with Crippen molar-refractivity contribution in [1.82, 2.24) is 10.4 Å². The molecule has 0 aliphatic carbocycles. The van der Waals surface area contributed by atoms with E-state index in [1.54, 1.807) is 24.3 Å². The molecular formula is C22H20Cl2N4O6. The van der Waals surface area contributed by atoms with Gasteiger partial charge >= 0.3 is 5.97 Å². The lowest BCUT2D eigenvalue weighted by Gasteiger charge is -2.18. The fourth-order valence-electron chi connectivity index (χ4n) is 3.12. The minimum absolute atomic E-state index is 0.110. The Kier molecular flexibility index (Phi) is 8.08. The van der Waals surface area contributed by atoms with E-state index in [9.17, 15) is 24.0 Å². The Morgan fingerprint density at radius 3 is 2.29 bits per heavy atom. The van der Waals surface area contributed by atoms with Crippen LogP contribution >= 0.6 is 23.2 Å². The Hall–Kier alpha value is -3.63. The van der Waals surface area contributed by atoms with E-state index in [1.165, 1.54) is 25.1 Å². The van der Waals surface area contributed by atoms with E-state index in [1.807, 2.05) is 0 Å². The molecule has 0 spiro atoms. The number of hydrogen-bond acceptors (Lipinski definition) is 6. The summed E-state index contributed by atoms with van der Waals surface area (Å²) >= 11 is 11.8. The summed E-state index contributed by atoms with van der Waals surface area (Å²) in [6, 6.07) is 10.7. The molecule has 178 valence electrons. The highest BCUT2D eigenvalue weighted by Gasteiger charge is 2.37. The third-order valence-electron chi connectivity index (χ3n) is 4.71. The van der Waals surface area contributed by atoms with Gasteiger partial charge in [0.2, 0.25) is 11.8 Å². The first-order chi connectivity index (χ1) is 16.1. The number of rotatable bonds is 7. The van der Waals surface area contributed by atoms with Gasteiger partial charge in [-0.25, -0.2) is 0 Å². The van der Waals surface area contributed by atoms with E-state index < -0.39 is 36.2 Å². The molecule has 1 atom stereocenters. The molecule has 34 heavy (non-hydrogen) atoms. The SMILES string of the molecule is CC(=O)Nc1ccc(NC(=O)COC(=O)[C@H]2CC(=O)N(NC(=O)c3ccc(Cl)cc3Cl)C2)cc1. The maximum atomic E-state index is 12.4. The van der Waals surface area contributed by atoms with Crippen LogP contribution in [-0.4, -0.2) is 47.8 Å². The standard InChI is InChI=1S/C22H20Cl2N4O6/c1-12(29)25-15-3-5-16(6-4-15)26-19(30)11-34-22(33)13-8-20(31)28(10-13)27-21(32)17-7-2-14(23)9-18(17)24/h2-7,9,13H,8,10-11H2,1H3,(H,25,29)(H,26,30)(H,27,32)/t13-/m0/s1. The van der Waals surface area contributed by atoms with Crippen molar-refractivity contribution in [3.05, 3.63) is 58.1 Å². The van der Waals surface area contributed by atoms with Crippen LogP contribution in [0.1, 0.15) is 23.7 Å². The van der Waals surface area contributed by atoms with Gasteiger partial charge in [0.25, 0.3) is 11.8 Å². The number of nitrogens with one attached hydrogen (secondary N) is 3. The molecule has 1 aliphatic rings. The Balaban J connectivity index is 1.47. The number of amides is 4. The van der Waals surface area contributed by atoms with Gasteiger partial charge in [-0.3, -0.25) is 34.4 Å². The maximum absolute atomic E-state index is 12.4. The van der Waals surface area contributed by atoms with E-state index >= 15 is 0 Å². The second-order valence-electron chi connectivity index (χ2n) is 7.38. The van der Waals surface area contributed by atoms with E-state index in [2.05, 4.69) is 16.1 Å². The van der Waals surface area contributed by atoms with Crippen LogP contribution in [0.5, 0.6) is 0 Å². The molecule has 12 heteroatoms. The minimum Gasteiger partial charge on any atom is -0.455 e. The summed E-state index contributed by atoms with van der Waals surface area (Å²) < 4.78 is 5.02. The number of carbonyl (C=O) groups excluding carboxylic acids is 5. The molecule has 1 aliphatic heterocycles. The number of hydrazine groups is 1. The number of nitrogens with zero attached hydrogens (tertiary/aromatic N) is 1. The van der Waals surface area contributed by atoms with Crippen molar-refractivity contribution in [1.29, 1.82) is 0 Å². The Morgan fingerprint density at radius 2 is 1.68 bits per heavy atom. The van der Waals surface area contributed by atoms with Crippen LogP contribution in [0, 0.1) is 5.92 Å². The van der Waals surface area contributed by atoms with Gasteiger partial charge in [0.15, 0.2) is 6.61 Å². The number of halogens is 2. The van der Waals surface area contributed by atoms with Crippen molar-refractivity contribution in [3.63, 3.8) is 0 Å². The van der Waals surface area contributed by atoms with Crippen molar-refractivity contribution in [2.45, 2.75) is 13.3 Å². The summed E-state index contributed by atoms with van der Waals surface area (Å²) in [4.78, 5) is 60.0. The number of anilines is 2. The van der Waals surface area contributed by atoms with Gasteiger partial charge in [-0.15, -0.1) is 0 Å². The van der Waals surface area contributed by atoms with Gasteiger partial charge in [-0.05, 0) is 42.5 Å². The zero-order chi connectivity index (χ0) is 24.8. The largest absolute Gasteiger partial charge is 0.455 e. The van der Waals surface area contributed by atoms with Gasteiger partial charge in [-0.2, -0.15) is 0 Å². The van der Waals surface area contributed by atoms with Gasteiger partial charge in [0.1, 0.15) is 0 Å². The monoisotopic (exact) mass is 506 g/mol. The molecule has 1 saturated heterocycles. The molecule has 0 aromatic heterocycles. The zero-order valence-electron chi connectivity index (χ0n) is 17.9. The molecule has 0 saturated carbocycles. The number of hydrogen-bond donors (Lipinski definition) is 3. The third kappa shape index (κ3) is 6.69. The maximum Gasteiger partial charge on any atom is 0.311 e. The highest BCUT2D eigenvalue weighted by atomic mass is 35.5. The average molecular weight is 507 g/mol. The molecule has 2 aromatic carbocycles. The summed E-state index contributed by atoms with van der Waals surface area (Å²) in [7, 11) is 0. The molecular weight excluding hydrogens is 487 g/mol. The summed E-state index contributed by atoms with van der Waals surface area (Å²) in [5.41, 5.74) is 3.54. The normalized spacial score (nSPS) is 15.0. The van der Waals surface area contributed by atoms with E-state index in [4.69, 9.17) is 27.9 Å². The van der Waals surface area contributed by atoms with Crippen molar-refractivity contribution in [3.8, 4) is 0 Å². The predicted octanol–water partition coefficient (Wildman–Crippen LogP) is 2.63. The van der Waals surface area contributed by atoms with Gasteiger partial charge in [0.05, 0.1) is 23.0 Å². The molecule has 4 amide bonds. The Morgan fingerprint density at radius 1 is 1.03 bits per heavy atom. The molecule has 10 nitrogen and oxygen atoms in total. The molecule has 0 radical (unpaired) electrons. The van der Waals surface area contributed by atoms with E-state index in [0.29, 0.717) is 16.4 Å². The van der Waals surface area contributed by atoms with Crippen LogP contribution in [0.3, 0.4) is 0 Å². The second-order valence-corrected chi connectivity index (χ2v) is 8.23. The van der Waals surface area contributed by atoms with Crippen molar-refractivity contribution < 1.29 is 28.7 Å². The average Bonchev–Trinajstić information content (AvgIpc) is 3.13. The Bertz CT molecular complexity index is 1140. The fraction of sp³-hybridized carbons (Fsp3) is 0.227. The van der Waals surface area contributed by atoms with Gasteiger partial charge in [0, 0.05) is 29.7 Å². The first-order valence-electron chi connectivity index (χ1n) is 10.0. The predicted molar refractivity (Wildman–Crippen MR) is 124 cm³/mol. The van der Waals surface area contributed by atoms with E-state index in [-0.39, 0.29) is 29.5 Å². The molecule has 1 fully saturated rings. The minimum atomic E-state index is -0.849. The van der Waals surface area contributed by atoms with Crippen molar-refractivity contribution in [2.24, 2.45) is 5.92 Å². The van der Waals surface area contributed by atoms with Gasteiger partial charge in [-0.1, -0.05) is 23.2 Å². The molecule has 0 bridgehead atoms. The van der Waals surface area contributed by atoms with Crippen LogP contribution in [-0.2, 0) is 23.9 Å². The quantitative estimate of drug-likeness (QED) is 0.494. The summed E-state index contributed by atoms with van der Waals surface area (Å²) in [5, 5.41) is 6.63. The lowest BCUT2D eigenvalue weighted by molar-refractivity contribution is -0.151. The zero-order valence-corrected chi connectivity index (χ0v) is 19.4. The van der Waals surface area contributed by atoms with E-state index in [0.717, 1.165) is 5.01 Å². The first-order valence-corrected chi connectivity index (χ1v) is 10.8. The van der Waals surface area contributed by atoms with Crippen LogP contribution in [0.2, 0.25) is 10.0 Å². The van der Waals surface area contributed by atoms with Gasteiger partial charge < -0.3 is 15.4 Å². The number of benzene rings is 2. The molecule has 0 unspecified atom stereocenters. The Labute approximate surface area is 204 Å². The summed E-state index contributed by atoms with van der Waals surface area (Å²) in [6.45, 7) is 0.717. The fourth-order valence-corrected chi connectivity index (χ4v) is 3.62. The first kappa shape index (κ1) is 25.0. The number of esters is 1. The highest BCUT2D eigenvalue weighted by molar-refractivity contribution is 6.36. The van der Waals surface area contributed by atoms with Crippen molar-refractivity contribution >= 4 is 64.2 Å². The summed E-state index contributed by atoms with van der Waals surface area (Å²) in [5.74, 6) is -3.51. The number of ether oxygens (including phenoxy) is 1. The molecule has 3 rings (SSSR count). The van der Waals surface area contributed by atoms with Crippen LogP contribution in [0.15, 0.2) is 42.5 Å². The second kappa shape index (κ2) is 11.0. The third-order valence-corrected chi connectivity index (χ3v) is 5.25. The lowest BCUT2D eigenvalue weighted by Crippen LogP contribution is -2.43. The highest BCUT2D eigenvalue weighted by Crippen LogP contribution is 2.22. The number of carbonyl (C=O) groups is 5. The van der Waals surface area contributed by atoms with Crippen LogP contribution < -0.4 is 16.1 Å². The molecule has 1 heterocycles.